The molecule has 0 radical (unpaired) electrons. The van der Waals surface area contributed by atoms with Crippen LogP contribution in [0.25, 0.3) is 11.1 Å². The Bertz CT molecular complexity index is 719. The summed E-state index contributed by atoms with van der Waals surface area (Å²) in [6, 6.07) is 12.4. The molecule has 1 aliphatic rings. The molecule has 0 aliphatic carbocycles. The van der Waals surface area contributed by atoms with Crippen molar-refractivity contribution >= 4 is 5.97 Å². The van der Waals surface area contributed by atoms with Crippen molar-refractivity contribution in [2.45, 2.75) is 25.4 Å². The summed E-state index contributed by atoms with van der Waals surface area (Å²) in [6.07, 6.45) is 3.57. The number of unbranched alkanes of at least 4 members (excludes halogenated alkanes) is 1. The minimum absolute atomic E-state index is 0.253. The van der Waals surface area contributed by atoms with Crippen molar-refractivity contribution < 1.29 is 24.1 Å². The van der Waals surface area contributed by atoms with Crippen LogP contribution in [0, 0.1) is 0 Å². The van der Waals surface area contributed by atoms with Crippen molar-refractivity contribution in [3.05, 3.63) is 48.0 Å². The monoisotopic (exact) mass is 342 g/mol. The zero-order valence-electron chi connectivity index (χ0n) is 14.2. The Morgan fingerprint density at radius 1 is 1.16 bits per heavy atom. The van der Waals surface area contributed by atoms with Crippen molar-refractivity contribution in [2.24, 2.45) is 0 Å². The largest absolute Gasteiger partial charge is 0.497 e. The lowest BCUT2D eigenvalue weighted by molar-refractivity contribution is 0.0697. The Kier molecular flexibility index (Phi) is 5.56. The molecule has 1 saturated heterocycles. The predicted octanol–water partition coefficient (Wildman–Crippen LogP) is 4.01. The maximum absolute atomic E-state index is 11.5. The fourth-order valence-corrected chi connectivity index (χ4v) is 2.71. The number of methoxy groups -OCH3 is 1. The molecule has 25 heavy (non-hydrogen) atoms. The molecule has 0 saturated carbocycles. The Morgan fingerprint density at radius 3 is 2.52 bits per heavy atom. The first-order valence-corrected chi connectivity index (χ1v) is 8.43. The Morgan fingerprint density at radius 2 is 1.88 bits per heavy atom. The van der Waals surface area contributed by atoms with E-state index in [4.69, 9.17) is 14.2 Å². The fraction of sp³-hybridized carbons (Fsp3) is 0.350. The molecule has 1 heterocycles. The van der Waals surface area contributed by atoms with E-state index in [0.29, 0.717) is 24.0 Å². The zero-order valence-corrected chi connectivity index (χ0v) is 14.2. The molecule has 0 bridgehead atoms. The van der Waals surface area contributed by atoms with Crippen LogP contribution in [0.5, 0.6) is 11.5 Å². The molecule has 1 N–H and O–H groups in total. The number of ether oxygens (including phenoxy) is 3. The lowest BCUT2D eigenvalue weighted by atomic mass is 9.99. The molecule has 3 rings (SSSR count). The first-order valence-electron chi connectivity index (χ1n) is 8.43. The maximum Gasteiger partial charge on any atom is 0.336 e. The van der Waals surface area contributed by atoms with Gasteiger partial charge in [-0.2, -0.15) is 0 Å². The number of carbonyl (C=O) groups is 1. The Balaban J connectivity index is 1.70. The smallest absolute Gasteiger partial charge is 0.336 e. The van der Waals surface area contributed by atoms with Gasteiger partial charge >= 0.3 is 5.97 Å². The summed E-state index contributed by atoms with van der Waals surface area (Å²) < 4.78 is 16.1. The highest BCUT2D eigenvalue weighted by molar-refractivity contribution is 5.96. The summed E-state index contributed by atoms with van der Waals surface area (Å²) in [7, 11) is 1.60. The Hall–Kier alpha value is -2.53. The molecule has 1 atom stereocenters. The second-order valence-corrected chi connectivity index (χ2v) is 6.04. The molecule has 2 aromatic carbocycles. The topological polar surface area (TPSA) is 68.3 Å². The average molecular weight is 342 g/mol. The molecular formula is C20H22O5. The van der Waals surface area contributed by atoms with E-state index in [1.165, 1.54) is 0 Å². The van der Waals surface area contributed by atoms with Gasteiger partial charge in [0.05, 0.1) is 32.0 Å². The van der Waals surface area contributed by atoms with Crippen LogP contribution in [0.3, 0.4) is 0 Å². The third-order valence-electron chi connectivity index (χ3n) is 4.21. The average Bonchev–Trinajstić information content (AvgIpc) is 3.45. The number of rotatable bonds is 9. The molecule has 0 spiro atoms. The van der Waals surface area contributed by atoms with E-state index in [0.717, 1.165) is 37.2 Å². The SMILES string of the molecule is COc1ccc(-c2cc(OCCCCC3CO3)ccc2C(=O)O)cc1. The number of hydrogen-bond acceptors (Lipinski definition) is 4. The summed E-state index contributed by atoms with van der Waals surface area (Å²) in [5, 5.41) is 9.45. The summed E-state index contributed by atoms with van der Waals surface area (Å²) >= 11 is 0. The lowest BCUT2D eigenvalue weighted by Gasteiger charge is -2.11. The Labute approximate surface area is 147 Å². The van der Waals surface area contributed by atoms with Gasteiger partial charge in [-0.3, -0.25) is 0 Å². The fourth-order valence-electron chi connectivity index (χ4n) is 2.71. The van der Waals surface area contributed by atoms with Crippen molar-refractivity contribution in [3.8, 4) is 22.6 Å². The molecule has 2 aromatic rings. The van der Waals surface area contributed by atoms with E-state index in [9.17, 15) is 9.90 Å². The minimum Gasteiger partial charge on any atom is -0.497 e. The third kappa shape index (κ3) is 4.73. The number of benzene rings is 2. The first kappa shape index (κ1) is 17.3. The quantitative estimate of drug-likeness (QED) is 0.551. The van der Waals surface area contributed by atoms with E-state index in [1.807, 2.05) is 24.3 Å². The van der Waals surface area contributed by atoms with Crippen molar-refractivity contribution in [3.63, 3.8) is 0 Å². The van der Waals surface area contributed by atoms with E-state index in [2.05, 4.69) is 0 Å². The van der Waals surface area contributed by atoms with Gasteiger partial charge in [0.25, 0.3) is 0 Å². The third-order valence-corrected chi connectivity index (χ3v) is 4.21. The predicted molar refractivity (Wildman–Crippen MR) is 94.5 cm³/mol. The first-order chi connectivity index (χ1) is 12.2. The molecule has 0 aromatic heterocycles. The van der Waals surface area contributed by atoms with Gasteiger partial charge in [0, 0.05) is 0 Å². The zero-order chi connectivity index (χ0) is 17.6. The van der Waals surface area contributed by atoms with Crippen molar-refractivity contribution in [1.29, 1.82) is 0 Å². The molecule has 1 aliphatic heterocycles. The van der Waals surface area contributed by atoms with Crippen LogP contribution in [-0.2, 0) is 4.74 Å². The highest BCUT2D eigenvalue weighted by Gasteiger charge is 2.21. The standard InChI is InChI=1S/C20H22O5/c1-23-15-7-5-14(6-8-15)19-12-16(9-10-18(19)20(21)22)24-11-3-2-4-17-13-25-17/h5-10,12,17H,2-4,11,13H2,1H3,(H,21,22). The summed E-state index contributed by atoms with van der Waals surface area (Å²) in [5.41, 5.74) is 1.71. The number of carboxylic acids is 1. The van der Waals surface area contributed by atoms with Gasteiger partial charge in [0.1, 0.15) is 11.5 Å². The summed E-state index contributed by atoms with van der Waals surface area (Å²) in [5.74, 6) is 0.452. The van der Waals surface area contributed by atoms with Crippen LogP contribution in [0.2, 0.25) is 0 Å². The number of hydrogen-bond donors (Lipinski definition) is 1. The molecule has 1 unspecified atom stereocenters. The van der Waals surface area contributed by atoms with Gasteiger partial charge in [0.15, 0.2) is 0 Å². The van der Waals surface area contributed by atoms with E-state index in [1.54, 1.807) is 25.3 Å². The minimum atomic E-state index is -0.957. The van der Waals surface area contributed by atoms with Crippen molar-refractivity contribution in [2.75, 3.05) is 20.3 Å². The number of aromatic carboxylic acids is 1. The van der Waals surface area contributed by atoms with E-state index >= 15 is 0 Å². The maximum atomic E-state index is 11.5. The van der Waals surface area contributed by atoms with Crippen LogP contribution in [0.1, 0.15) is 29.6 Å². The number of epoxide rings is 1. The van der Waals surface area contributed by atoms with Crippen LogP contribution >= 0.6 is 0 Å². The molecule has 5 nitrogen and oxygen atoms in total. The van der Waals surface area contributed by atoms with Gasteiger partial charge in [0.2, 0.25) is 0 Å². The molecule has 132 valence electrons. The second-order valence-electron chi connectivity index (χ2n) is 6.04. The second kappa shape index (κ2) is 8.03. The lowest BCUT2D eigenvalue weighted by Crippen LogP contribution is -2.02. The van der Waals surface area contributed by atoms with Crippen LogP contribution in [0.4, 0.5) is 0 Å². The van der Waals surface area contributed by atoms with E-state index in [-0.39, 0.29) is 5.56 Å². The highest BCUT2D eigenvalue weighted by Crippen LogP contribution is 2.30. The summed E-state index contributed by atoms with van der Waals surface area (Å²) in [6.45, 7) is 1.50. The van der Waals surface area contributed by atoms with Gasteiger partial charge < -0.3 is 19.3 Å². The molecule has 1 fully saturated rings. The van der Waals surface area contributed by atoms with Gasteiger partial charge in [-0.05, 0) is 60.7 Å². The van der Waals surface area contributed by atoms with E-state index < -0.39 is 5.97 Å². The van der Waals surface area contributed by atoms with Crippen LogP contribution in [0.15, 0.2) is 42.5 Å². The van der Waals surface area contributed by atoms with Crippen LogP contribution < -0.4 is 9.47 Å². The van der Waals surface area contributed by atoms with Crippen LogP contribution in [-0.4, -0.2) is 37.5 Å². The molecule has 0 amide bonds. The highest BCUT2D eigenvalue weighted by atomic mass is 16.6. The molecular weight excluding hydrogens is 320 g/mol. The van der Waals surface area contributed by atoms with Gasteiger partial charge in [-0.1, -0.05) is 12.1 Å². The normalized spacial score (nSPS) is 15.6. The number of carboxylic acid groups (broad SMARTS) is 1. The van der Waals surface area contributed by atoms with Gasteiger partial charge in [-0.25, -0.2) is 4.79 Å². The summed E-state index contributed by atoms with van der Waals surface area (Å²) in [4.78, 5) is 11.5. The van der Waals surface area contributed by atoms with Gasteiger partial charge in [-0.15, -0.1) is 0 Å². The molecule has 5 heteroatoms. The van der Waals surface area contributed by atoms with Crippen molar-refractivity contribution in [1.82, 2.24) is 0 Å².